The van der Waals surface area contributed by atoms with E-state index in [1.807, 2.05) is 25.2 Å². The van der Waals surface area contributed by atoms with Crippen molar-refractivity contribution in [3.05, 3.63) is 29.3 Å². The number of rotatable bonds is 6. The number of hydrogen-bond acceptors (Lipinski definition) is 5. The highest BCUT2D eigenvalue weighted by Gasteiger charge is 2.42. The summed E-state index contributed by atoms with van der Waals surface area (Å²) in [5, 5.41) is 14.9. The number of fused-ring (bicyclic) bond motifs is 1. The predicted octanol–water partition coefficient (Wildman–Crippen LogP) is 2.04. The van der Waals surface area contributed by atoms with Gasteiger partial charge in [-0.1, -0.05) is 0 Å². The highest BCUT2D eigenvalue weighted by Crippen LogP contribution is 2.34. The number of benzene rings is 1. The number of hydrogen-bond donors (Lipinski definition) is 3. The third-order valence-electron chi connectivity index (χ3n) is 5.93. The lowest BCUT2D eigenvalue weighted by molar-refractivity contribution is -0.149. The van der Waals surface area contributed by atoms with Crippen LogP contribution in [-0.2, 0) is 16.0 Å². The molecule has 0 unspecified atom stereocenters. The molecule has 1 fully saturated rings. The average molecular weight is 359 g/mol. The number of methoxy groups -OCH3 is 1. The Labute approximate surface area is 155 Å². The molecule has 26 heavy (non-hydrogen) atoms. The summed E-state index contributed by atoms with van der Waals surface area (Å²) in [5.74, 6) is 1.21. The van der Waals surface area contributed by atoms with Gasteiger partial charge in [0, 0.05) is 24.8 Å². The van der Waals surface area contributed by atoms with Gasteiger partial charge in [0.2, 0.25) is 0 Å². The Morgan fingerprint density at radius 1 is 1.35 bits per heavy atom. The van der Waals surface area contributed by atoms with Crippen molar-refractivity contribution in [3.8, 4) is 5.75 Å². The normalized spacial score (nSPS) is 26.7. The molecule has 1 aromatic rings. The molecule has 1 aliphatic carbocycles. The van der Waals surface area contributed by atoms with Crippen LogP contribution < -0.4 is 15.4 Å². The molecular weight excluding hydrogens is 330 g/mol. The van der Waals surface area contributed by atoms with Crippen LogP contribution in [0.1, 0.15) is 44.2 Å². The molecular formula is C20H29N3O3. The van der Waals surface area contributed by atoms with Crippen molar-refractivity contribution in [3.63, 3.8) is 0 Å². The van der Waals surface area contributed by atoms with Gasteiger partial charge in [-0.3, -0.25) is 10.2 Å². The van der Waals surface area contributed by atoms with E-state index in [1.165, 1.54) is 6.92 Å². The second-order valence-electron chi connectivity index (χ2n) is 7.51. The van der Waals surface area contributed by atoms with Crippen LogP contribution in [0.15, 0.2) is 18.2 Å². The van der Waals surface area contributed by atoms with Crippen molar-refractivity contribution in [2.24, 2.45) is 0 Å². The lowest BCUT2D eigenvalue weighted by atomic mass is 9.86. The molecule has 6 heteroatoms. The molecule has 1 saturated carbocycles. The van der Waals surface area contributed by atoms with Gasteiger partial charge in [-0.25, -0.2) is 0 Å². The highest BCUT2D eigenvalue weighted by molar-refractivity contribution is 5.97. The van der Waals surface area contributed by atoms with Crippen LogP contribution in [0.3, 0.4) is 0 Å². The van der Waals surface area contributed by atoms with Crippen molar-refractivity contribution < 1.29 is 14.3 Å². The van der Waals surface area contributed by atoms with E-state index in [1.54, 1.807) is 14.0 Å². The quantitative estimate of drug-likeness (QED) is 0.535. The largest absolute Gasteiger partial charge is 0.487 e. The molecule has 1 aromatic carbocycles. The molecule has 0 radical (unpaired) electrons. The molecule has 2 aliphatic rings. The van der Waals surface area contributed by atoms with E-state index >= 15 is 0 Å². The van der Waals surface area contributed by atoms with Crippen LogP contribution in [0.2, 0.25) is 0 Å². The molecule has 3 rings (SSSR count). The Hall–Kier alpha value is -1.92. The molecule has 3 N–H and O–H groups in total. The summed E-state index contributed by atoms with van der Waals surface area (Å²) in [6.07, 6.45) is 3.32. The maximum atomic E-state index is 12.0. The number of carbonyl (C=O) groups is 1. The first-order valence-electron chi connectivity index (χ1n) is 9.26. The number of Topliss-reactive ketones (excluding diaryl/α,β-unsaturated/α-hetero) is 1. The van der Waals surface area contributed by atoms with E-state index in [0.717, 1.165) is 36.1 Å². The van der Waals surface area contributed by atoms with Gasteiger partial charge in [-0.05, 0) is 70.3 Å². The standard InChI is InChI=1S/C20H29N3O3/c1-12(24)20(2,25-4)18-8-6-13-9-14(5-7-17(13)26-18)19(21)23-16-10-15(11-16)22-3/h5,7,9,15-16,18,22H,6,8,10-11H2,1-4H3,(H2,21,23)/t15-,16+,18-,20-/m1/s1. The van der Waals surface area contributed by atoms with Crippen LogP contribution >= 0.6 is 0 Å². The first-order valence-corrected chi connectivity index (χ1v) is 9.26. The molecule has 1 heterocycles. The van der Waals surface area contributed by atoms with Crippen molar-refractivity contribution in [2.45, 2.75) is 63.3 Å². The maximum Gasteiger partial charge on any atom is 0.165 e. The topological polar surface area (TPSA) is 83.4 Å². The van der Waals surface area contributed by atoms with E-state index in [4.69, 9.17) is 14.9 Å². The molecule has 0 saturated heterocycles. The molecule has 1 aliphatic heterocycles. The van der Waals surface area contributed by atoms with Gasteiger partial charge >= 0.3 is 0 Å². The monoisotopic (exact) mass is 359 g/mol. The number of amidine groups is 1. The molecule has 0 amide bonds. The van der Waals surface area contributed by atoms with Crippen LogP contribution in [0.25, 0.3) is 0 Å². The third kappa shape index (κ3) is 3.48. The number of aryl methyl sites for hydroxylation is 1. The minimum atomic E-state index is -0.932. The maximum absolute atomic E-state index is 12.0. The Kier molecular flexibility index (Phi) is 5.34. The molecule has 0 aromatic heterocycles. The van der Waals surface area contributed by atoms with Gasteiger partial charge in [0.05, 0.1) is 0 Å². The summed E-state index contributed by atoms with van der Waals surface area (Å²) in [4.78, 5) is 12.0. The zero-order valence-electron chi connectivity index (χ0n) is 16.0. The zero-order valence-corrected chi connectivity index (χ0v) is 16.0. The Morgan fingerprint density at radius 2 is 2.08 bits per heavy atom. The third-order valence-corrected chi connectivity index (χ3v) is 5.93. The van der Waals surface area contributed by atoms with Gasteiger partial charge in [0.15, 0.2) is 11.4 Å². The summed E-state index contributed by atoms with van der Waals surface area (Å²) in [6.45, 7) is 3.33. The Bertz CT molecular complexity index is 700. The first kappa shape index (κ1) is 18.9. The van der Waals surface area contributed by atoms with Crippen LogP contribution in [0, 0.1) is 5.41 Å². The van der Waals surface area contributed by atoms with E-state index in [9.17, 15) is 4.79 Å². The fourth-order valence-corrected chi connectivity index (χ4v) is 3.69. The lowest BCUT2D eigenvalue weighted by Crippen LogP contribution is -2.52. The zero-order chi connectivity index (χ0) is 18.9. The fourth-order valence-electron chi connectivity index (χ4n) is 3.69. The molecule has 0 bridgehead atoms. The van der Waals surface area contributed by atoms with Gasteiger partial charge in [0.25, 0.3) is 0 Å². The highest BCUT2D eigenvalue weighted by atomic mass is 16.5. The van der Waals surface area contributed by atoms with Crippen LogP contribution in [0.5, 0.6) is 5.75 Å². The first-order chi connectivity index (χ1) is 12.4. The Morgan fingerprint density at radius 3 is 2.69 bits per heavy atom. The smallest absolute Gasteiger partial charge is 0.165 e. The van der Waals surface area contributed by atoms with Crippen LogP contribution in [0.4, 0.5) is 0 Å². The average Bonchev–Trinajstić information content (AvgIpc) is 2.62. The second kappa shape index (κ2) is 7.37. The van der Waals surface area contributed by atoms with Crippen molar-refractivity contribution in [1.29, 1.82) is 5.41 Å². The SMILES string of the molecule is CN[C@H]1C[C@@H](NC(=N)c2ccc3c(c2)CC[C@H]([C@](C)(OC)C(C)=O)O3)C1. The molecule has 2 atom stereocenters. The van der Waals surface area contributed by atoms with Gasteiger partial charge in [0.1, 0.15) is 17.7 Å². The summed E-state index contributed by atoms with van der Waals surface area (Å²) < 4.78 is 11.6. The van der Waals surface area contributed by atoms with E-state index in [2.05, 4.69) is 10.6 Å². The summed E-state index contributed by atoms with van der Waals surface area (Å²) in [6, 6.07) is 6.76. The number of ketones is 1. The lowest BCUT2D eigenvalue weighted by Gasteiger charge is -2.38. The number of carbonyl (C=O) groups excluding carboxylic acids is 1. The van der Waals surface area contributed by atoms with Crippen molar-refractivity contribution in [2.75, 3.05) is 14.2 Å². The second-order valence-corrected chi connectivity index (χ2v) is 7.51. The molecule has 142 valence electrons. The summed E-state index contributed by atoms with van der Waals surface area (Å²) in [7, 11) is 3.53. The van der Waals surface area contributed by atoms with Crippen LogP contribution in [-0.4, -0.2) is 49.6 Å². The number of ether oxygens (including phenoxy) is 2. The molecule has 0 spiro atoms. The predicted molar refractivity (Wildman–Crippen MR) is 101 cm³/mol. The van der Waals surface area contributed by atoms with Crippen molar-refractivity contribution >= 4 is 11.6 Å². The minimum Gasteiger partial charge on any atom is -0.487 e. The summed E-state index contributed by atoms with van der Waals surface area (Å²) in [5.41, 5.74) is 1.02. The molecule has 6 nitrogen and oxygen atoms in total. The number of nitrogens with one attached hydrogen (secondary N) is 3. The Balaban J connectivity index is 1.67. The fraction of sp³-hybridized carbons (Fsp3) is 0.600. The van der Waals surface area contributed by atoms with Gasteiger partial charge < -0.3 is 20.1 Å². The summed E-state index contributed by atoms with van der Waals surface area (Å²) >= 11 is 0. The van der Waals surface area contributed by atoms with Crippen molar-refractivity contribution in [1.82, 2.24) is 10.6 Å². The van der Waals surface area contributed by atoms with E-state index in [0.29, 0.717) is 24.3 Å². The van der Waals surface area contributed by atoms with E-state index in [-0.39, 0.29) is 11.9 Å². The van der Waals surface area contributed by atoms with E-state index < -0.39 is 5.60 Å². The van der Waals surface area contributed by atoms with Gasteiger partial charge in [-0.15, -0.1) is 0 Å². The van der Waals surface area contributed by atoms with Gasteiger partial charge in [-0.2, -0.15) is 0 Å². The minimum absolute atomic E-state index is 0.0311.